The molecule has 19 heavy (non-hydrogen) atoms. The fourth-order valence-corrected chi connectivity index (χ4v) is 2.39. The Morgan fingerprint density at radius 2 is 2.16 bits per heavy atom. The number of halogens is 1. The maximum absolute atomic E-state index is 12.1. The first-order valence-electron chi connectivity index (χ1n) is 6.91. The second-order valence-electron chi connectivity index (χ2n) is 4.86. The summed E-state index contributed by atoms with van der Waals surface area (Å²) >= 11 is 3.34. The van der Waals surface area contributed by atoms with Gasteiger partial charge in [-0.2, -0.15) is 0 Å². The van der Waals surface area contributed by atoms with Crippen LogP contribution in [-0.4, -0.2) is 12.5 Å². The lowest BCUT2D eigenvalue weighted by molar-refractivity contribution is 0.0946. The number of carbonyl (C=O) groups is 1. The van der Waals surface area contributed by atoms with Gasteiger partial charge in [-0.3, -0.25) is 4.79 Å². The molecule has 0 bridgehead atoms. The number of nitrogens with one attached hydrogen (secondary N) is 1. The van der Waals surface area contributed by atoms with Crippen molar-refractivity contribution in [2.75, 3.05) is 12.3 Å². The number of hydrogen-bond donors (Lipinski definition) is 2. The fourth-order valence-electron chi connectivity index (χ4n) is 2.02. The molecule has 1 aromatic rings. The van der Waals surface area contributed by atoms with E-state index in [1.165, 1.54) is 19.3 Å². The number of amides is 1. The molecular weight excluding hydrogens is 304 g/mol. The number of benzene rings is 1. The molecule has 0 fully saturated rings. The van der Waals surface area contributed by atoms with Crippen LogP contribution in [0.25, 0.3) is 0 Å². The molecule has 3 N–H and O–H groups in total. The van der Waals surface area contributed by atoms with Crippen molar-refractivity contribution in [1.29, 1.82) is 0 Å². The number of anilines is 1. The summed E-state index contributed by atoms with van der Waals surface area (Å²) < 4.78 is 0.885. The molecule has 1 unspecified atom stereocenters. The molecule has 0 spiro atoms. The molecule has 0 aromatic heterocycles. The van der Waals surface area contributed by atoms with Crippen molar-refractivity contribution in [2.24, 2.45) is 5.92 Å². The molecule has 0 saturated carbocycles. The molecule has 0 radical (unpaired) electrons. The molecule has 106 valence electrons. The van der Waals surface area contributed by atoms with Crippen molar-refractivity contribution in [3.8, 4) is 0 Å². The van der Waals surface area contributed by atoms with Gasteiger partial charge in [-0.1, -0.05) is 49.0 Å². The smallest absolute Gasteiger partial charge is 0.253 e. The van der Waals surface area contributed by atoms with Crippen molar-refractivity contribution in [1.82, 2.24) is 5.32 Å². The van der Waals surface area contributed by atoms with Gasteiger partial charge in [0.05, 0.1) is 5.56 Å². The van der Waals surface area contributed by atoms with Crippen LogP contribution in [0.4, 0.5) is 5.69 Å². The highest BCUT2D eigenvalue weighted by molar-refractivity contribution is 9.10. The second-order valence-corrected chi connectivity index (χ2v) is 5.77. The number of hydrogen-bond acceptors (Lipinski definition) is 2. The Hall–Kier alpha value is -1.03. The summed E-state index contributed by atoms with van der Waals surface area (Å²) in [6.45, 7) is 5.08. The third-order valence-corrected chi connectivity index (χ3v) is 3.85. The van der Waals surface area contributed by atoms with Crippen LogP contribution in [0.2, 0.25) is 0 Å². The van der Waals surface area contributed by atoms with E-state index in [9.17, 15) is 4.79 Å². The molecule has 0 aliphatic carbocycles. The molecule has 3 nitrogen and oxygen atoms in total. The standard InChI is InChI=1S/C15H23BrN2O/c1-3-5-6-11(4-2)10-18-15(19)13-8-7-12(16)9-14(13)17/h7-9,11H,3-6,10,17H2,1-2H3,(H,18,19). The van der Waals surface area contributed by atoms with Crippen molar-refractivity contribution in [2.45, 2.75) is 39.5 Å². The van der Waals surface area contributed by atoms with Crippen LogP contribution in [0, 0.1) is 5.92 Å². The molecule has 0 heterocycles. The highest BCUT2D eigenvalue weighted by atomic mass is 79.9. The van der Waals surface area contributed by atoms with E-state index in [1.54, 1.807) is 12.1 Å². The zero-order chi connectivity index (χ0) is 14.3. The summed E-state index contributed by atoms with van der Waals surface area (Å²) in [7, 11) is 0. The first-order chi connectivity index (χ1) is 9.08. The monoisotopic (exact) mass is 326 g/mol. The van der Waals surface area contributed by atoms with Gasteiger partial charge in [-0.05, 0) is 30.5 Å². The van der Waals surface area contributed by atoms with Crippen molar-refractivity contribution in [3.05, 3.63) is 28.2 Å². The molecule has 4 heteroatoms. The molecule has 1 amide bonds. The molecule has 0 aliphatic rings. The zero-order valence-corrected chi connectivity index (χ0v) is 13.3. The Labute approximate surface area is 124 Å². The maximum atomic E-state index is 12.1. The molecular formula is C15H23BrN2O. The van der Waals surface area contributed by atoms with Crippen LogP contribution in [0.1, 0.15) is 49.9 Å². The Bertz CT molecular complexity index is 421. The third kappa shape index (κ3) is 5.23. The van der Waals surface area contributed by atoms with E-state index in [2.05, 4.69) is 35.1 Å². The normalized spacial score (nSPS) is 12.2. The Balaban J connectivity index is 2.54. The number of nitrogens with two attached hydrogens (primary N) is 1. The minimum atomic E-state index is -0.0834. The van der Waals surface area contributed by atoms with Crippen LogP contribution >= 0.6 is 15.9 Å². The zero-order valence-electron chi connectivity index (χ0n) is 11.7. The van der Waals surface area contributed by atoms with E-state index >= 15 is 0 Å². The van der Waals surface area contributed by atoms with Gasteiger partial charge in [0.15, 0.2) is 0 Å². The van der Waals surface area contributed by atoms with Gasteiger partial charge >= 0.3 is 0 Å². The topological polar surface area (TPSA) is 55.1 Å². The number of rotatable bonds is 7. The highest BCUT2D eigenvalue weighted by Crippen LogP contribution is 2.18. The van der Waals surface area contributed by atoms with Gasteiger partial charge in [0, 0.05) is 16.7 Å². The predicted octanol–water partition coefficient (Wildman–Crippen LogP) is 3.98. The fraction of sp³-hybridized carbons (Fsp3) is 0.533. The number of unbranched alkanes of at least 4 members (excludes halogenated alkanes) is 1. The number of nitrogen functional groups attached to an aromatic ring is 1. The summed E-state index contributed by atoms with van der Waals surface area (Å²) in [5.74, 6) is 0.473. The molecule has 0 saturated heterocycles. The largest absolute Gasteiger partial charge is 0.398 e. The van der Waals surface area contributed by atoms with Crippen molar-refractivity contribution in [3.63, 3.8) is 0 Å². The van der Waals surface area contributed by atoms with E-state index < -0.39 is 0 Å². The SMILES string of the molecule is CCCCC(CC)CNC(=O)c1ccc(Br)cc1N. The van der Waals surface area contributed by atoms with Gasteiger partial charge in [-0.25, -0.2) is 0 Å². The lowest BCUT2D eigenvalue weighted by atomic mass is 9.99. The van der Waals surface area contributed by atoms with Gasteiger partial charge in [0.2, 0.25) is 0 Å². The van der Waals surface area contributed by atoms with Crippen LogP contribution in [0.5, 0.6) is 0 Å². The van der Waals surface area contributed by atoms with Gasteiger partial charge in [-0.15, -0.1) is 0 Å². The first-order valence-corrected chi connectivity index (χ1v) is 7.71. The Kier molecular flexibility index (Phi) is 6.92. The van der Waals surface area contributed by atoms with Crippen molar-refractivity contribution < 1.29 is 4.79 Å². The molecule has 1 atom stereocenters. The molecule has 0 aliphatic heterocycles. The summed E-state index contributed by atoms with van der Waals surface area (Å²) in [5, 5.41) is 2.98. The average molecular weight is 327 g/mol. The molecule has 1 rings (SSSR count). The van der Waals surface area contributed by atoms with E-state index in [4.69, 9.17) is 5.73 Å². The average Bonchev–Trinajstić information content (AvgIpc) is 2.38. The summed E-state index contributed by atoms with van der Waals surface area (Å²) in [4.78, 5) is 12.1. The van der Waals surface area contributed by atoms with Gasteiger partial charge in [0.25, 0.3) is 5.91 Å². The second kappa shape index (κ2) is 8.20. The van der Waals surface area contributed by atoms with Crippen LogP contribution in [0.15, 0.2) is 22.7 Å². The van der Waals surface area contributed by atoms with E-state index in [0.29, 0.717) is 17.2 Å². The molecule has 1 aromatic carbocycles. The quantitative estimate of drug-likeness (QED) is 0.744. The summed E-state index contributed by atoms with van der Waals surface area (Å²) in [6, 6.07) is 5.34. The van der Waals surface area contributed by atoms with Crippen LogP contribution in [-0.2, 0) is 0 Å². The Morgan fingerprint density at radius 3 is 2.74 bits per heavy atom. The first kappa shape index (κ1) is 16.0. The minimum absolute atomic E-state index is 0.0834. The maximum Gasteiger partial charge on any atom is 0.253 e. The van der Waals surface area contributed by atoms with E-state index in [1.807, 2.05) is 6.07 Å². The number of carbonyl (C=O) groups excluding carboxylic acids is 1. The Morgan fingerprint density at radius 1 is 1.42 bits per heavy atom. The predicted molar refractivity (Wildman–Crippen MR) is 84.2 cm³/mol. The minimum Gasteiger partial charge on any atom is -0.398 e. The van der Waals surface area contributed by atoms with E-state index in [0.717, 1.165) is 17.4 Å². The van der Waals surface area contributed by atoms with E-state index in [-0.39, 0.29) is 5.91 Å². The highest BCUT2D eigenvalue weighted by Gasteiger charge is 2.12. The van der Waals surface area contributed by atoms with Crippen LogP contribution < -0.4 is 11.1 Å². The van der Waals surface area contributed by atoms with Crippen LogP contribution in [0.3, 0.4) is 0 Å². The lowest BCUT2D eigenvalue weighted by Gasteiger charge is -2.15. The van der Waals surface area contributed by atoms with Crippen molar-refractivity contribution >= 4 is 27.5 Å². The third-order valence-electron chi connectivity index (χ3n) is 3.35. The lowest BCUT2D eigenvalue weighted by Crippen LogP contribution is -2.29. The summed E-state index contributed by atoms with van der Waals surface area (Å²) in [6.07, 6.45) is 4.68. The van der Waals surface area contributed by atoms with Gasteiger partial charge < -0.3 is 11.1 Å². The van der Waals surface area contributed by atoms with Gasteiger partial charge in [0.1, 0.15) is 0 Å². The summed E-state index contributed by atoms with van der Waals surface area (Å²) in [5.41, 5.74) is 6.91.